The lowest BCUT2D eigenvalue weighted by molar-refractivity contribution is 0.113. The molecule has 0 amide bonds. The second kappa shape index (κ2) is 6.46. The second-order valence-electron chi connectivity index (χ2n) is 5.30. The van der Waals surface area contributed by atoms with Crippen LogP contribution in [0.15, 0.2) is 24.3 Å². The van der Waals surface area contributed by atoms with Crippen LogP contribution in [-0.2, 0) is 0 Å². The molecule has 1 aromatic rings. The molecule has 0 spiro atoms. The lowest BCUT2D eigenvalue weighted by Crippen LogP contribution is -2.30. The quantitative estimate of drug-likeness (QED) is 0.750. The van der Waals surface area contributed by atoms with E-state index < -0.39 is 6.10 Å². The molecule has 0 saturated heterocycles. The number of hydrogen-bond acceptors (Lipinski definition) is 3. The molecule has 1 fully saturated rings. The minimum atomic E-state index is -0.445. The van der Waals surface area contributed by atoms with Gasteiger partial charge in [-0.1, -0.05) is 43.4 Å². The molecule has 2 rings (SSSR count). The summed E-state index contributed by atoms with van der Waals surface area (Å²) in [7, 11) is 0. The number of rotatable bonds is 7. The zero-order chi connectivity index (χ0) is 13.8. The first-order valence-electron chi connectivity index (χ1n) is 6.90. The van der Waals surface area contributed by atoms with Gasteiger partial charge in [-0.15, -0.1) is 0 Å². The maximum Gasteiger partial charge on any atom is 0.103 e. The van der Waals surface area contributed by atoms with E-state index in [-0.39, 0.29) is 0 Å². The van der Waals surface area contributed by atoms with E-state index in [1.54, 1.807) is 0 Å². The largest absolute Gasteiger partial charge is 0.389 e. The standard InChI is InChI=1S/C15H22N2OS/c1-2-17(9-11-3-4-11)10-14(18)12-5-7-13(8-6-12)15(16)19/h5-8,11,14,18H,2-4,9-10H2,1H3,(H2,16,19). The Labute approximate surface area is 120 Å². The SMILES string of the molecule is CCN(CC1CC1)CC(O)c1ccc(C(N)=S)cc1. The Morgan fingerprint density at radius 1 is 1.42 bits per heavy atom. The van der Waals surface area contributed by atoms with E-state index in [9.17, 15) is 5.11 Å². The van der Waals surface area contributed by atoms with Crippen molar-refractivity contribution in [3.05, 3.63) is 35.4 Å². The van der Waals surface area contributed by atoms with E-state index in [0.717, 1.165) is 30.1 Å². The number of aliphatic hydroxyl groups excluding tert-OH is 1. The van der Waals surface area contributed by atoms with E-state index >= 15 is 0 Å². The molecule has 1 aromatic carbocycles. The minimum absolute atomic E-state index is 0.393. The van der Waals surface area contributed by atoms with E-state index in [2.05, 4.69) is 11.8 Å². The molecule has 19 heavy (non-hydrogen) atoms. The minimum Gasteiger partial charge on any atom is -0.389 e. The predicted molar refractivity (Wildman–Crippen MR) is 82.1 cm³/mol. The Kier molecular flexibility index (Phi) is 4.91. The van der Waals surface area contributed by atoms with E-state index in [4.69, 9.17) is 18.0 Å². The van der Waals surface area contributed by atoms with Crippen molar-refractivity contribution in [3.63, 3.8) is 0 Å². The molecular weight excluding hydrogens is 256 g/mol. The highest BCUT2D eigenvalue weighted by Crippen LogP contribution is 2.30. The zero-order valence-electron chi connectivity index (χ0n) is 11.4. The summed E-state index contributed by atoms with van der Waals surface area (Å²) in [6.45, 7) is 4.93. The molecule has 3 N–H and O–H groups in total. The third kappa shape index (κ3) is 4.27. The molecule has 4 heteroatoms. The molecule has 0 aliphatic heterocycles. The van der Waals surface area contributed by atoms with Crippen molar-refractivity contribution in [3.8, 4) is 0 Å². The van der Waals surface area contributed by atoms with Gasteiger partial charge >= 0.3 is 0 Å². The summed E-state index contributed by atoms with van der Waals surface area (Å²) in [6, 6.07) is 7.56. The van der Waals surface area contributed by atoms with Crippen molar-refractivity contribution in [1.29, 1.82) is 0 Å². The lowest BCUT2D eigenvalue weighted by atomic mass is 10.1. The normalized spacial score (nSPS) is 16.6. The topological polar surface area (TPSA) is 49.5 Å². The van der Waals surface area contributed by atoms with Crippen molar-refractivity contribution < 1.29 is 5.11 Å². The molecule has 0 radical (unpaired) electrons. The van der Waals surface area contributed by atoms with Crippen molar-refractivity contribution in [1.82, 2.24) is 4.90 Å². The number of aliphatic hydroxyl groups is 1. The van der Waals surface area contributed by atoms with Gasteiger partial charge in [-0.05, 0) is 30.9 Å². The number of nitrogens with two attached hydrogens (primary N) is 1. The van der Waals surface area contributed by atoms with Gasteiger partial charge in [-0.2, -0.15) is 0 Å². The smallest absolute Gasteiger partial charge is 0.103 e. The van der Waals surface area contributed by atoms with Crippen LogP contribution in [0.5, 0.6) is 0 Å². The third-order valence-electron chi connectivity index (χ3n) is 3.67. The Bertz CT molecular complexity index is 428. The highest BCUT2D eigenvalue weighted by atomic mass is 32.1. The summed E-state index contributed by atoms with van der Waals surface area (Å²) in [6.07, 6.45) is 2.24. The second-order valence-corrected chi connectivity index (χ2v) is 5.74. The van der Waals surface area contributed by atoms with Crippen LogP contribution < -0.4 is 5.73 Å². The average Bonchev–Trinajstić information content (AvgIpc) is 3.22. The van der Waals surface area contributed by atoms with E-state index in [1.165, 1.54) is 12.8 Å². The fraction of sp³-hybridized carbons (Fsp3) is 0.533. The lowest BCUT2D eigenvalue weighted by Gasteiger charge is -2.23. The molecule has 1 aliphatic rings. The maximum atomic E-state index is 10.3. The maximum absolute atomic E-state index is 10.3. The zero-order valence-corrected chi connectivity index (χ0v) is 12.2. The Morgan fingerprint density at radius 3 is 2.53 bits per heavy atom. The number of likely N-dealkylation sites (N-methyl/N-ethyl adjacent to an activating group) is 1. The molecule has 1 saturated carbocycles. The van der Waals surface area contributed by atoms with Gasteiger partial charge in [0.2, 0.25) is 0 Å². The number of nitrogens with zero attached hydrogens (tertiary/aromatic N) is 1. The highest BCUT2D eigenvalue weighted by molar-refractivity contribution is 7.80. The fourth-order valence-electron chi connectivity index (χ4n) is 2.22. The van der Waals surface area contributed by atoms with Crippen LogP contribution in [-0.4, -0.2) is 34.6 Å². The van der Waals surface area contributed by atoms with Gasteiger partial charge < -0.3 is 15.7 Å². The van der Waals surface area contributed by atoms with E-state index in [1.807, 2.05) is 24.3 Å². The summed E-state index contributed by atoms with van der Waals surface area (Å²) in [5.41, 5.74) is 7.33. The van der Waals surface area contributed by atoms with Crippen molar-refractivity contribution in [2.24, 2.45) is 11.7 Å². The first kappa shape index (κ1) is 14.4. The molecular formula is C15H22N2OS. The van der Waals surface area contributed by atoms with Crippen LogP contribution in [0.3, 0.4) is 0 Å². The summed E-state index contributed by atoms with van der Waals surface area (Å²) in [5.74, 6) is 0.851. The Hall–Kier alpha value is -0.970. The third-order valence-corrected chi connectivity index (χ3v) is 3.91. The van der Waals surface area contributed by atoms with Crippen LogP contribution in [0, 0.1) is 5.92 Å². The Balaban J connectivity index is 1.93. The average molecular weight is 278 g/mol. The van der Waals surface area contributed by atoms with Gasteiger partial charge in [0.15, 0.2) is 0 Å². The van der Waals surface area contributed by atoms with Gasteiger partial charge in [0.1, 0.15) is 4.99 Å². The monoisotopic (exact) mass is 278 g/mol. The summed E-state index contributed by atoms with van der Waals surface area (Å²) in [4.78, 5) is 2.72. The molecule has 0 bridgehead atoms. The van der Waals surface area contributed by atoms with Crippen LogP contribution >= 0.6 is 12.2 Å². The van der Waals surface area contributed by atoms with Gasteiger partial charge in [0, 0.05) is 18.7 Å². The molecule has 1 atom stereocenters. The predicted octanol–water partition coefficient (Wildman–Crippen LogP) is 2.09. The van der Waals surface area contributed by atoms with Crippen LogP contribution in [0.1, 0.15) is 37.0 Å². The molecule has 1 unspecified atom stereocenters. The summed E-state index contributed by atoms with van der Waals surface area (Å²) >= 11 is 4.92. The van der Waals surface area contributed by atoms with Crippen molar-refractivity contribution in [2.45, 2.75) is 25.9 Å². The van der Waals surface area contributed by atoms with E-state index in [0.29, 0.717) is 11.5 Å². The molecule has 1 aliphatic carbocycles. The van der Waals surface area contributed by atoms with Gasteiger partial charge in [0.05, 0.1) is 6.10 Å². The summed E-state index contributed by atoms with van der Waals surface area (Å²) in [5, 5.41) is 10.3. The highest BCUT2D eigenvalue weighted by Gasteiger charge is 2.24. The van der Waals surface area contributed by atoms with Crippen molar-refractivity contribution in [2.75, 3.05) is 19.6 Å². The van der Waals surface area contributed by atoms with Gasteiger partial charge in [-0.3, -0.25) is 0 Å². The van der Waals surface area contributed by atoms with Crippen molar-refractivity contribution >= 4 is 17.2 Å². The molecule has 104 valence electrons. The van der Waals surface area contributed by atoms with Gasteiger partial charge in [-0.25, -0.2) is 0 Å². The van der Waals surface area contributed by atoms with Gasteiger partial charge in [0.25, 0.3) is 0 Å². The van der Waals surface area contributed by atoms with Crippen LogP contribution in [0.4, 0.5) is 0 Å². The molecule has 0 heterocycles. The number of benzene rings is 1. The first-order valence-corrected chi connectivity index (χ1v) is 7.31. The number of hydrogen-bond donors (Lipinski definition) is 2. The summed E-state index contributed by atoms with van der Waals surface area (Å²) < 4.78 is 0. The fourth-order valence-corrected chi connectivity index (χ4v) is 2.35. The van der Waals surface area contributed by atoms with Crippen LogP contribution in [0.2, 0.25) is 0 Å². The first-order chi connectivity index (χ1) is 9.10. The van der Waals surface area contributed by atoms with Crippen LogP contribution in [0.25, 0.3) is 0 Å². The number of thiocarbonyl (C=S) groups is 1. The molecule has 3 nitrogen and oxygen atoms in total. The molecule has 0 aromatic heterocycles. The Morgan fingerprint density at radius 2 is 2.05 bits per heavy atom.